The molecule has 1 saturated carbocycles. The van der Waals surface area contributed by atoms with E-state index in [0.29, 0.717) is 0 Å². The molecule has 4 N–H and O–H groups in total. The van der Waals surface area contributed by atoms with E-state index in [9.17, 15) is 34.8 Å². The maximum absolute atomic E-state index is 13.6. The van der Waals surface area contributed by atoms with E-state index in [2.05, 4.69) is 0 Å². The number of aliphatic hydroxyl groups is 3. The van der Waals surface area contributed by atoms with Crippen LogP contribution in [-0.2, 0) is 20.0 Å². The normalized spacial score (nSPS) is 32.7. The van der Waals surface area contributed by atoms with Crippen LogP contribution in [0.15, 0.2) is 35.1 Å². The van der Waals surface area contributed by atoms with Crippen LogP contribution in [0.25, 0.3) is 5.76 Å². The average Bonchev–Trinajstić information content (AvgIpc) is 2.65. The highest BCUT2D eigenvalue weighted by Crippen LogP contribution is 2.55. The van der Waals surface area contributed by atoms with Crippen LogP contribution >= 0.6 is 0 Å². The third-order valence-electron chi connectivity index (χ3n) is 6.97. The van der Waals surface area contributed by atoms with Gasteiger partial charge >= 0.3 is 0 Å². The molecule has 0 bridgehead atoms. The van der Waals surface area contributed by atoms with Gasteiger partial charge in [-0.2, -0.15) is 0 Å². The molecule has 0 aromatic heterocycles. The molecule has 4 rings (SSSR count). The first-order valence-corrected chi connectivity index (χ1v) is 10.1. The summed E-state index contributed by atoms with van der Waals surface area (Å²) in [5.41, 5.74) is -1.91. The highest BCUT2D eigenvalue weighted by Gasteiger charge is 2.59. The Morgan fingerprint density at radius 3 is 2.35 bits per heavy atom. The van der Waals surface area contributed by atoms with E-state index in [4.69, 9.17) is 0 Å². The Hall–Kier alpha value is -2.97. The van der Waals surface area contributed by atoms with Gasteiger partial charge in [0.15, 0.2) is 17.3 Å². The van der Waals surface area contributed by atoms with Crippen molar-refractivity contribution < 1.29 is 34.8 Å². The van der Waals surface area contributed by atoms with E-state index >= 15 is 0 Å². The molecule has 1 aromatic rings. The lowest BCUT2D eigenvalue weighted by Gasteiger charge is -2.50. The summed E-state index contributed by atoms with van der Waals surface area (Å²) in [6.45, 7) is 2.66. The predicted molar refractivity (Wildman–Crippen MR) is 110 cm³/mol. The zero-order valence-corrected chi connectivity index (χ0v) is 17.7. The van der Waals surface area contributed by atoms with Gasteiger partial charge in [0.25, 0.3) is 0 Å². The number of aromatic hydroxyl groups is 1. The standard InChI is InChI=1S/C23H25NO7/c1-9(25)14-19(27)15-10(18(22(14)30)24(3)4)8-12-17(20(15)28)21(29)16-11(23(12,2)31)6-5-7-13(16)26/h5-7,10,12,15,18,26,29-31H,8H2,1-4H3. The third kappa shape index (κ3) is 2.71. The van der Waals surface area contributed by atoms with Gasteiger partial charge in [-0.3, -0.25) is 19.3 Å². The Kier molecular flexibility index (Phi) is 4.64. The molecule has 3 aliphatic rings. The van der Waals surface area contributed by atoms with Gasteiger partial charge in [-0.15, -0.1) is 0 Å². The quantitative estimate of drug-likeness (QED) is 0.413. The van der Waals surface area contributed by atoms with Crippen LogP contribution < -0.4 is 0 Å². The van der Waals surface area contributed by atoms with Gasteiger partial charge in [0.1, 0.15) is 22.8 Å². The van der Waals surface area contributed by atoms with Crippen molar-refractivity contribution in [3.05, 3.63) is 46.2 Å². The highest BCUT2D eigenvalue weighted by molar-refractivity contribution is 6.28. The number of hydrogen-bond acceptors (Lipinski definition) is 8. The van der Waals surface area contributed by atoms with Crippen molar-refractivity contribution in [2.45, 2.75) is 31.9 Å². The second kappa shape index (κ2) is 6.77. The van der Waals surface area contributed by atoms with E-state index in [1.54, 1.807) is 25.1 Å². The molecule has 0 spiro atoms. The van der Waals surface area contributed by atoms with Gasteiger partial charge in [-0.05, 0) is 51.9 Å². The molecule has 8 heteroatoms. The first kappa shape index (κ1) is 21.3. The van der Waals surface area contributed by atoms with Gasteiger partial charge in [-0.25, -0.2) is 0 Å². The Labute approximate surface area is 179 Å². The van der Waals surface area contributed by atoms with Gasteiger partial charge in [0.2, 0.25) is 0 Å². The van der Waals surface area contributed by atoms with Crippen molar-refractivity contribution in [3.8, 4) is 5.75 Å². The fourth-order valence-corrected chi connectivity index (χ4v) is 5.62. The highest BCUT2D eigenvalue weighted by atomic mass is 16.3. The lowest BCUT2D eigenvalue weighted by molar-refractivity contribution is -0.139. The molecule has 0 amide bonds. The number of fused-ring (bicyclic) bond motifs is 3. The summed E-state index contributed by atoms with van der Waals surface area (Å²) >= 11 is 0. The monoisotopic (exact) mass is 427 g/mol. The van der Waals surface area contributed by atoms with Crippen LogP contribution in [0.5, 0.6) is 5.75 Å². The van der Waals surface area contributed by atoms with E-state index in [-0.39, 0.29) is 34.6 Å². The largest absolute Gasteiger partial charge is 0.510 e. The SMILES string of the molecule is CC(=O)C1=C(O)C(N(C)C)C2CC3C(=C(O)c4c(O)cccc4C3(C)O)C(=O)C2C1=O. The second-order valence-electron chi connectivity index (χ2n) is 8.99. The van der Waals surface area contributed by atoms with E-state index in [1.165, 1.54) is 19.1 Å². The minimum Gasteiger partial charge on any atom is -0.510 e. The van der Waals surface area contributed by atoms with Crippen LogP contribution in [0, 0.1) is 17.8 Å². The van der Waals surface area contributed by atoms with Crippen LogP contribution in [0.1, 0.15) is 31.4 Å². The number of carbonyl (C=O) groups excluding carboxylic acids is 3. The smallest absolute Gasteiger partial charge is 0.181 e. The number of phenols is 1. The predicted octanol–water partition coefficient (Wildman–Crippen LogP) is 1.62. The maximum Gasteiger partial charge on any atom is 0.181 e. The molecule has 8 nitrogen and oxygen atoms in total. The number of allylic oxidation sites excluding steroid dienone is 1. The van der Waals surface area contributed by atoms with Gasteiger partial charge in [0.05, 0.1) is 23.1 Å². The lowest BCUT2D eigenvalue weighted by atomic mass is 9.56. The van der Waals surface area contributed by atoms with E-state index in [0.717, 1.165) is 6.92 Å². The molecule has 1 aromatic carbocycles. The van der Waals surface area contributed by atoms with Crippen LogP contribution in [0.2, 0.25) is 0 Å². The minimum atomic E-state index is -1.61. The molecule has 164 valence electrons. The topological polar surface area (TPSA) is 135 Å². The van der Waals surface area contributed by atoms with Crippen molar-refractivity contribution in [3.63, 3.8) is 0 Å². The molecule has 0 heterocycles. The zero-order valence-electron chi connectivity index (χ0n) is 17.7. The first-order valence-electron chi connectivity index (χ1n) is 10.1. The summed E-state index contributed by atoms with van der Waals surface area (Å²) < 4.78 is 0. The molecule has 5 atom stereocenters. The van der Waals surface area contributed by atoms with Gasteiger partial charge in [-0.1, -0.05) is 12.1 Å². The number of ketones is 3. The number of rotatable bonds is 2. The number of nitrogens with zero attached hydrogens (tertiary/aromatic N) is 1. The van der Waals surface area contributed by atoms with Crippen molar-refractivity contribution in [1.29, 1.82) is 0 Å². The van der Waals surface area contributed by atoms with Crippen molar-refractivity contribution >= 4 is 23.1 Å². The van der Waals surface area contributed by atoms with Gasteiger partial charge < -0.3 is 20.4 Å². The summed E-state index contributed by atoms with van der Waals surface area (Å²) in [5.74, 6) is -6.09. The lowest BCUT2D eigenvalue weighted by Crippen LogP contribution is -2.57. The number of hydrogen-bond donors (Lipinski definition) is 4. The molecular formula is C23H25NO7. The summed E-state index contributed by atoms with van der Waals surface area (Å²) in [6.07, 6.45) is 0.113. The Balaban J connectivity index is 1.97. The third-order valence-corrected chi connectivity index (χ3v) is 6.97. The zero-order chi connectivity index (χ0) is 23.0. The van der Waals surface area contributed by atoms with Crippen LogP contribution in [0.4, 0.5) is 0 Å². The second-order valence-corrected chi connectivity index (χ2v) is 8.99. The number of aliphatic hydroxyl groups excluding tert-OH is 2. The number of Topliss-reactive ketones (excluding diaryl/α,β-unsaturated/α-hetero) is 3. The Bertz CT molecular complexity index is 1100. The van der Waals surface area contributed by atoms with Crippen LogP contribution in [0.3, 0.4) is 0 Å². The Morgan fingerprint density at radius 1 is 1.13 bits per heavy atom. The first-order chi connectivity index (χ1) is 14.4. The molecule has 0 saturated heterocycles. The van der Waals surface area contributed by atoms with Gasteiger partial charge in [0, 0.05) is 11.5 Å². The van der Waals surface area contributed by atoms with Crippen molar-refractivity contribution in [2.75, 3.05) is 14.1 Å². The minimum absolute atomic E-state index is 0.0388. The Morgan fingerprint density at radius 2 is 1.77 bits per heavy atom. The molecule has 0 aliphatic heterocycles. The summed E-state index contributed by atoms with van der Waals surface area (Å²) in [6, 6.07) is 3.66. The fourth-order valence-electron chi connectivity index (χ4n) is 5.62. The molecule has 1 fully saturated rings. The molecule has 31 heavy (non-hydrogen) atoms. The average molecular weight is 427 g/mol. The van der Waals surface area contributed by atoms with E-state index in [1.807, 2.05) is 0 Å². The summed E-state index contributed by atoms with van der Waals surface area (Å²) in [4.78, 5) is 40.5. The molecule has 5 unspecified atom stereocenters. The fraction of sp³-hybridized carbons (Fsp3) is 0.435. The molecule has 0 radical (unpaired) electrons. The van der Waals surface area contributed by atoms with Crippen LogP contribution in [-0.4, -0.2) is 62.8 Å². The number of carbonyl (C=O) groups is 3. The summed E-state index contributed by atoms with van der Waals surface area (Å²) in [7, 11) is 3.34. The molecular weight excluding hydrogens is 402 g/mol. The maximum atomic E-state index is 13.6. The number of benzene rings is 1. The van der Waals surface area contributed by atoms with Crippen molar-refractivity contribution in [2.24, 2.45) is 17.8 Å². The van der Waals surface area contributed by atoms with E-state index < -0.39 is 58.1 Å². The summed E-state index contributed by atoms with van der Waals surface area (Å²) in [5, 5.41) is 43.5. The van der Waals surface area contributed by atoms with Crippen molar-refractivity contribution in [1.82, 2.24) is 4.90 Å². The number of phenolic OH excluding ortho intramolecular Hbond substituents is 1. The molecule has 3 aliphatic carbocycles. The number of likely N-dealkylation sites (N-methyl/N-ethyl adjacent to an activating group) is 1.